The monoisotopic (exact) mass is 269 g/mol. The minimum Gasteiger partial charge on any atom is -0.326 e. The van der Waals surface area contributed by atoms with Crippen molar-refractivity contribution in [1.29, 1.82) is 0 Å². The van der Waals surface area contributed by atoms with E-state index in [1.54, 1.807) is 0 Å². The van der Waals surface area contributed by atoms with Crippen molar-refractivity contribution in [3.05, 3.63) is 35.9 Å². The van der Waals surface area contributed by atoms with E-state index in [9.17, 15) is 4.79 Å². The van der Waals surface area contributed by atoms with Crippen LogP contribution in [0.3, 0.4) is 0 Å². The second-order valence-corrected chi connectivity index (χ2v) is 7.18. The molecule has 106 valence electrons. The molecule has 0 spiro atoms. The lowest BCUT2D eigenvalue weighted by molar-refractivity contribution is -0.123. The van der Waals surface area contributed by atoms with E-state index in [4.69, 9.17) is 0 Å². The molecule has 3 rings (SSSR count). The van der Waals surface area contributed by atoms with Gasteiger partial charge in [0.1, 0.15) is 0 Å². The van der Waals surface area contributed by atoms with Crippen molar-refractivity contribution in [2.75, 3.05) is 5.32 Å². The molecule has 20 heavy (non-hydrogen) atoms. The van der Waals surface area contributed by atoms with Gasteiger partial charge in [-0.15, -0.1) is 0 Å². The Labute approximate surface area is 121 Å². The lowest BCUT2D eigenvalue weighted by atomic mass is 9.95. The zero-order chi connectivity index (χ0) is 14.5. The number of benzene rings is 1. The van der Waals surface area contributed by atoms with Crippen LogP contribution in [0.2, 0.25) is 0 Å². The number of rotatable bonds is 1. The molecular weight excluding hydrogens is 246 g/mol. The molecule has 2 aliphatic rings. The first-order valence-corrected chi connectivity index (χ1v) is 7.52. The predicted octanol–water partition coefficient (Wildman–Crippen LogP) is 4.58. The maximum atomic E-state index is 12.1. The predicted molar refractivity (Wildman–Crippen MR) is 83.6 cm³/mol. The number of allylic oxidation sites excluding steroid dienone is 1. The third-order valence-electron chi connectivity index (χ3n) is 4.70. The minimum absolute atomic E-state index is 0.0567. The first-order chi connectivity index (χ1) is 9.38. The highest BCUT2D eigenvalue weighted by Crippen LogP contribution is 2.54. The lowest BCUT2D eigenvalue weighted by Crippen LogP contribution is -2.27. The molecule has 0 heterocycles. The summed E-state index contributed by atoms with van der Waals surface area (Å²) in [6, 6.07) is 6.34. The maximum absolute atomic E-state index is 12.1. The van der Waals surface area contributed by atoms with Gasteiger partial charge in [-0.1, -0.05) is 39.8 Å². The number of carbonyl (C=O) groups is 1. The molecule has 2 atom stereocenters. The Kier molecular flexibility index (Phi) is 3.00. The first kappa shape index (κ1) is 13.4. The molecule has 1 fully saturated rings. The Hall–Kier alpha value is -1.57. The SMILES string of the molecule is C=C1c2cc(NC(=O)C(C)(C)C)ccc2C2CCCC12. The molecule has 2 aliphatic carbocycles. The summed E-state index contributed by atoms with van der Waals surface area (Å²) in [6.07, 6.45) is 3.86. The molecule has 2 unspecified atom stereocenters. The van der Waals surface area contributed by atoms with Gasteiger partial charge in [-0.2, -0.15) is 0 Å². The van der Waals surface area contributed by atoms with Crippen molar-refractivity contribution < 1.29 is 4.79 Å². The third kappa shape index (κ3) is 2.07. The highest BCUT2D eigenvalue weighted by Gasteiger charge is 2.38. The van der Waals surface area contributed by atoms with E-state index in [0.717, 1.165) is 5.69 Å². The van der Waals surface area contributed by atoms with Gasteiger partial charge in [0.2, 0.25) is 5.91 Å². The Morgan fingerprint density at radius 3 is 2.65 bits per heavy atom. The van der Waals surface area contributed by atoms with Gasteiger partial charge >= 0.3 is 0 Å². The van der Waals surface area contributed by atoms with E-state index >= 15 is 0 Å². The molecule has 1 N–H and O–H groups in total. The summed E-state index contributed by atoms with van der Waals surface area (Å²) in [6.45, 7) is 10.1. The Bertz CT molecular complexity index is 580. The van der Waals surface area contributed by atoms with Gasteiger partial charge in [0.05, 0.1) is 0 Å². The molecule has 1 amide bonds. The molecule has 0 saturated heterocycles. The van der Waals surface area contributed by atoms with Gasteiger partial charge in [-0.3, -0.25) is 4.79 Å². The minimum atomic E-state index is -0.369. The van der Waals surface area contributed by atoms with Gasteiger partial charge in [-0.25, -0.2) is 0 Å². The fourth-order valence-electron chi connectivity index (χ4n) is 3.50. The van der Waals surface area contributed by atoms with Crippen LogP contribution < -0.4 is 5.32 Å². The summed E-state index contributed by atoms with van der Waals surface area (Å²) in [7, 11) is 0. The second-order valence-electron chi connectivity index (χ2n) is 7.18. The van der Waals surface area contributed by atoms with Crippen LogP contribution in [-0.4, -0.2) is 5.91 Å². The van der Waals surface area contributed by atoms with Crippen molar-refractivity contribution in [3.8, 4) is 0 Å². The molecule has 0 radical (unpaired) electrons. The Morgan fingerprint density at radius 2 is 1.95 bits per heavy atom. The fraction of sp³-hybridized carbons (Fsp3) is 0.500. The normalized spacial score (nSPS) is 24.4. The van der Waals surface area contributed by atoms with Gasteiger partial charge in [-0.05, 0) is 53.5 Å². The van der Waals surface area contributed by atoms with E-state index < -0.39 is 0 Å². The highest BCUT2D eigenvalue weighted by molar-refractivity contribution is 5.95. The maximum Gasteiger partial charge on any atom is 0.229 e. The second kappa shape index (κ2) is 4.47. The molecule has 0 aromatic heterocycles. The van der Waals surface area contributed by atoms with Crippen molar-refractivity contribution in [3.63, 3.8) is 0 Å². The van der Waals surface area contributed by atoms with Crippen LogP contribution in [0.15, 0.2) is 24.8 Å². The van der Waals surface area contributed by atoms with Crippen LogP contribution in [0.5, 0.6) is 0 Å². The fourth-order valence-corrected chi connectivity index (χ4v) is 3.50. The van der Waals surface area contributed by atoms with E-state index in [2.05, 4.69) is 24.0 Å². The van der Waals surface area contributed by atoms with Crippen LogP contribution in [0.25, 0.3) is 5.57 Å². The molecule has 2 heteroatoms. The summed E-state index contributed by atoms with van der Waals surface area (Å²) in [4.78, 5) is 12.1. The number of hydrogen-bond donors (Lipinski definition) is 1. The summed E-state index contributed by atoms with van der Waals surface area (Å²) in [5.74, 6) is 1.37. The molecule has 1 aromatic rings. The van der Waals surface area contributed by atoms with Crippen molar-refractivity contribution in [2.45, 2.75) is 46.0 Å². The van der Waals surface area contributed by atoms with Crippen LogP contribution in [0, 0.1) is 11.3 Å². The van der Waals surface area contributed by atoms with E-state index in [0.29, 0.717) is 11.8 Å². The number of hydrogen-bond acceptors (Lipinski definition) is 1. The van der Waals surface area contributed by atoms with E-state index in [1.807, 2.05) is 26.8 Å². The average molecular weight is 269 g/mol. The molecule has 2 nitrogen and oxygen atoms in total. The Balaban J connectivity index is 1.88. The first-order valence-electron chi connectivity index (χ1n) is 7.52. The zero-order valence-electron chi connectivity index (χ0n) is 12.6. The van der Waals surface area contributed by atoms with Crippen molar-refractivity contribution in [1.82, 2.24) is 0 Å². The van der Waals surface area contributed by atoms with Crippen molar-refractivity contribution in [2.24, 2.45) is 11.3 Å². The average Bonchev–Trinajstić information content (AvgIpc) is 2.93. The summed E-state index contributed by atoms with van der Waals surface area (Å²) >= 11 is 0. The number of amides is 1. The van der Waals surface area contributed by atoms with E-state index in [1.165, 1.54) is 36.0 Å². The molecule has 1 saturated carbocycles. The topological polar surface area (TPSA) is 29.1 Å². The molecular formula is C18H23NO. The van der Waals surface area contributed by atoms with Gasteiger partial charge in [0.25, 0.3) is 0 Å². The quantitative estimate of drug-likeness (QED) is 0.794. The molecule has 1 aromatic carbocycles. The Morgan fingerprint density at radius 1 is 1.25 bits per heavy atom. The smallest absolute Gasteiger partial charge is 0.229 e. The molecule has 0 bridgehead atoms. The van der Waals surface area contributed by atoms with Gasteiger partial charge < -0.3 is 5.32 Å². The summed E-state index contributed by atoms with van der Waals surface area (Å²) in [5.41, 5.74) is 4.50. The number of nitrogens with one attached hydrogen (secondary N) is 1. The number of fused-ring (bicyclic) bond motifs is 3. The van der Waals surface area contributed by atoms with Gasteiger partial charge in [0, 0.05) is 11.1 Å². The largest absolute Gasteiger partial charge is 0.326 e. The molecule has 0 aliphatic heterocycles. The third-order valence-corrected chi connectivity index (χ3v) is 4.70. The van der Waals surface area contributed by atoms with Crippen LogP contribution in [0.1, 0.15) is 57.1 Å². The van der Waals surface area contributed by atoms with Crippen molar-refractivity contribution >= 4 is 17.2 Å². The summed E-state index contributed by atoms with van der Waals surface area (Å²) in [5, 5.41) is 3.02. The zero-order valence-corrected chi connectivity index (χ0v) is 12.6. The van der Waals surface area contributed by atoms with Crippen LogP contribution >= 0.6 is 0 Å². The van der Waals surface area contributed by atoms with Crippen LogP contribution in [0.4, 0.5) is 5.69 Å². The summed E-state index contributed by atoms with van der Waals surface area (Å²) < 4.78 is 0. The highest BCUT2D eigenvalue weighted by atomic mass is 16.2. The van der Waals surface area contributed by atoms with Gasteiger partial charge in [0.15, 0.2) is 0 Å². The lowest BCUT2D eigenvalue weighted by Gasteiger charge is -2.18. The van der Waals surface area contributed by atoms with E-state index in [-0.39, 0.29) is 11.3 Å². The number of carbonyl (C=O) groups excluding carboxylic acids is 1. The number of anilines is 1. The van der Waals surface area contributed by atoms with Crippen LogP contribution in [-0.2, 0) is 4.79 Å². The standard InChI is InChI=1S/C18H23NO/c1-11-13-6-5-7-14(13)15-9-8-12(10-16(11)15)19-17(20)18(2,3)4/h8-10,13-14H,1,5-7H2,2-4H3,(H,19,20).